The zero-order valence-electron chi connectivity index (χ0n) is 15.6. The van der Waals surface area contributed by atoms with E-state index >= 15 is 0 Å². The van der Waals surface area contributed by atoms with Gasteiger partial charge in [-0.2, -0.15) is 0 Å². The van der Waals surface area contributed by atoms with Crippen LogP contribution in [0.5, 0.6) is 0 Å². The molecule has 5 nitrogen and oxygen atoms in total. The summed E-state index contributed by atoms with van der Waals surface area (Å²) in [5.74, 6) is -1.00. The quantitative estimate of drug-likeness (QED) is 0.345. The average molecular weight is 452 g/mol. The van der Waals surface area contributed by atoms with Gasteiger partial charge in [0.15, 0.2) is 0 Å². The molecule has 2 heterocycles. The molecule has 0 radical (unpaired) electrons. The number of Topliss-reactive ketones (excluding diaryl/α,β-unsaturated/α-hetero) is 1. The molecule has 1 atom stereocenters. The Balaban J connectivity index is 1.87. The van der Waals surface area contributed by atoms with E-state index in [2.05, 4.69) is 15.9 Å². The van der Waals surface area contributed by atoms with Gasteiger partial charge in [0.2, 0.25) is 0 Å². The van der Waals surface area contributed by atoms with Gasteiger partial charge in [-0.3, -0.25) is 9.59 Å². The Morgan fingerprint density at radius 1 is 1.10 bits per heavy atom. The fourth-order valence-corrected chi connectivity index (χ4v) is 3.92. The van der Waals surface area contributed by atoms with E-state index in [4.69, 9.17) is 4.42 Å². The summed E-state index contributed by atoms with van der Waals surface area (Å²) in [5, 5.41) is 11.0. The summed E-state index contributed by atoms with van der Waals surface area (Å²) in [6.07, 6.45) is 1.52. The predicted molar refractivity (Wildman–Crippen MR) is 112 cm³/mol. The zero-order valence-corrected chi connectivity index (χ0v) is 17.2. The summed E-state index contributed by atoms with van der Waals surface area (Å²) in [4.78, 5) is 27.3. The van der Waals surface area contributed by atoms with Gasteiger partial charge in [0.25, 0.3) is 11.7 Å². The van der Waals surface area contributed by atoms with Crippen LogP contribution >= 0.6 is 15.9 Å². The minimum Gasteiger partial charge on any atom is -0.507 e. The fourth-order valence-electron chi connectivity index (χ4n) is 3.50. The number of carbonyl (C=O) groups is 2. The van der Waals surface area contributed by atoms with Gasteiger partial charge in [0.05, 0.1) is 24.4 Å². The van der Waals surface area contributed by atoms with Gasteiger partial charge in [-0.05, 0) is 36.8 Å². The molecular weight excluding hydrogens is 434 g/mol. The van der Waals surface area contributed by atoms with Crippen molar-refractivity contribution in [3.63, 3.8) is 0 Å². The van der Waals surface area contributed by atoms with Crippen molar-refractivity contribution in [2.24, 2.45) is 0 Å². The molecule has 0 spiro atoms. The van der Waals surface area contributed by atoms with E-state index < -0.39 is 17.7 Å². The first-order valence-corrected chi connectivity index (χ1v) is 9.88. The van der Waals surface area contributed by atoms with Crippen LogP contribution in [-0.4, -0.2) is 21.7 Å². The number of likely N-dealkylation sites (tertiary alicyclic amines) is 1. The number of rotatable bonds is 4. The second kappa shape index (κ2) is 7.72. The molecule has 146 valence electrons. The van der Waals surface area contributed by atoms with Crippen LogP contribution in [0.15, 0.2) is 81.4 Å². The largest absolute Gasteiger partial charge is 0.507 e. The minimum absolute atomic E-state index is 0.0727. The Hall–Kier alpha value is -3.12. The van der Waals surface area contributed by atoms with Gasteiger partial charge in [-0.1, -0.05) is 57.9 Å². The van der Waals surface area contributed by atoms with Crippen molar-refractivity contribution in [3.8, 4) is 0 Å². The maximum Gasteiger partial charge on any atom is 0.296 e. The van der Waals surface area contributed by atoms with E-state index in [0.29, 0.717) is 11.3 Å². The van der Waals surface area contributed by atoms with E-state index in [1.165, 1.54) is 11.2 Å². The predicted octanol–water partition coefficient (Wildman–Crippen LogP) is 4.97. The van der Waals surface area contributed by atoms with Gasteiger partial charge >= 0.3 is 0 Å². The number of amides is 1. The molecule has 6 heteroatoms. The molecule has 2 aromatic carbocycles. The number of halogens is 1. The SMILES string of the molecule is Cc1ccc(C(O)=C2C(=O)C(=O)N(Cc3ccco3)C2c2cccc(Br)c2)cc1. The van der Waals surface area contributed by atoms with Gasteiger partial charge < -0.3 is 14.4 Å². The highest BCUT2D eigenvalue weighted by atomic mass is 79.9. The molecule has 0 saturated carbocycles. The number of ketones is 1. The van der Waals surface area contributed by atoms with Crippen molar-refractivity contribution in [2.45, 2.75) is 19.5 Å². The topological polar surface area (TPSA) is 70.8 Å². The van der Waals surface area contributed by atoms with Crippen LogP contribution in [0.3, 0.4) is 0 Å². The van der Waals surface area contributed by atoms with Crippen molar-refractivity contribution in [2.75, 3.05) is 0 Å². The number of aliphatic hydroxyl groups excluding tert-OH is 1. The third kappa shape index (κ3) is 3.63. The average Bonchev–Trinajstić information content (AvgIpc) is 3.30. The molecule has 1 amide bonds. The number of aliphatic hydroxyl groups is 1. The van der Waals surface area contributed by atoms with Crippen LogP contribution in [0.4, 0.5) is 0 Å². The monoisotopic (exact) mass is 451 g/mol. The molecule has 1 fully saturated rings. The van der Waals surface area contributed by atoms with Crippen molar-refractivity contribution in [1.82, 2.24) is 4.90 Å². The number of furan rings is 1. The normalized spacial score (nSPS) is 18.4. The molecule has 3 aromatic rings. The van der Waals surface area contributed by atoms with E-state index in [-0.39, 0.29) is 17.9 Å². The van der Waals surface area contributed by atoms with Crippen LogP contribution < -0.4 is 0 Å². The highest BCUT2D eigenvalue weighted by molar-refractivity contribution is 9.10. The maximum absolute atomic E-state index is 12.9. The van der Waals surface area contributed by atoms with Gasteiger partial charge in [-0.25, -0.2) is 0 Å². The van der Waals surface area contributed by atoms with E-state index in [9.17, 15) is 14.7 Å². The van der Waals surface area contributed by atoms with E-state index in [0.717, 1.165) is 15.6 Å². The minimum atomic E-state index is -0.723. The first kappa shape index (κ1) is 19.2. The van der Waals surface area contributed by atoms with Crippen LogP contribution in [0.25, 0.3) is 5.76 Å². The second-order valence-electron chi connectivity index (χ2n) is 6.93. The zero-order chi connectivity index (χ0) is 20.5. The van der Waals surface area contributed by atoms with Crippen LogP contribution in [0, 0.1) is 6.92 Å². The summed E-state index contributed by atoms with van der Waals surface area (Å²) in [7, 11) is 0. The number of hydrogen-bond acceptors (Lipinski definition) is 4. The lowest BCUT2D eigenvalue weighted by Gasteiger charge is -2.24. The Morgan fingerprint density at radius 3 is 2.52 bits per heavy atom. The number of nitrogens with zero attached hydrogens (tertiary/aromatic N) is 1. The van der Waals surface area contributed by atoms with Crippen molar-refractivity contribution >= 4 is 33.4 Å². The molecule has 1 aliphatic rings. The third-order valence-corrected chi connectivity index (χ3v) is 5.43. The maximum atomic E-state index is 12.9. The number of carbonyl (C=O) groups excluding carboxylic acids is 2. The van der Waals surface area contributed by atoms with Gasteiger partial charge in [0, 0.05) is 10.0 Å². The number of hydrogen-bond donors (Lipinski definition) is 1. The van der Waals surface area contributed by atoms with Gasteiger partial charge in [0.1, 0.15) is 11.5 Å². The van der Waals surface area contributed by atoms with Crippen LogP contribution in [0.1, 0.15) is 28.5 Å². The van der Waals surface area contributed by atoms with Crippen molar-refractivity contribution < 1.29 is 19.1 Å². The molecule has 0 aliphatic carbocycles. The molecule has 1 aromatic heterocycles. The van der Waals surface area contributed by atoms with Crippen molar-refractivity contribution in [1.29, 1.82) is 0 Å². The third-order valence-electron chi connectivity index (χ3n) is 4.94. The van der Waals surface area contributed by atoms with Gasteiger partial charge in [-0.15, -0.1) is 0 Å². The standard InChI is InChI=1S/C23H18BrNO4/c1-14-7-9-15(10-8-14)21(26)19-20(16-4-2-5-17(24)12-16)25(23(28)22(19)27)13-18-6-3-11-29-18/h2-12,20,26H,13H2,1H3. The Kier molecular flexibility index (Phi) is 5.11. The summed E-state index contributed by atoms with van der Waals surface area (Å²) in [6.45, 7) is 2.06. The van der Waals surface area contributed by atoms with E-state index in [1.54, 1.807) is 24.3 Å². The lowest BCUT2D eigenvalue weighted by molar-refractivity contribution is -0.140. The number of benzene rings is 2. The molecule has 1 aliphatic heterocycles. The second-order valence-corrected chi connectivity index (χ2v) is 7.84. The smallest absolute Gasteiger partial charge is 0.296 e. The Bertz CT molecular complexity index is 1100. The van der Waals surface area contributed by atoms with E-state index in [1.807, 2.05) is 43.3 Å². The summed E-state index contributed by atoms with van der Waals surface area (Å²) in [6, 6.07) is 17.3. The summed E-state index contributed by atoms with van der Waals surface area (Å²) < 4.78 is 6.20. The van der Waals surface area contributed by atoms with Crippen molar-refractivity contribution in [3.05, 3.63) is 99.4 Å². The highest BCUT2D eigenvalue weighted by Gasteiger charge is 2.46. The first-order chi connectivity index (χ1) is 14.0. The highest BCUT2D eigenvalue weighted by Crippen LogP contribution is 2.40. The molecule has 0 bridgehead atoms. The Labute approximate surface area is 176 Å². The lowest BCUT2D eigenvalue weighted by atomic mass is 9.95. The molecule has 1 saturated heterocycles. The molecule has 4 rings (SSSR count). The van der Waals surface area contributed by atoms with Crippen LogP contribution in [0.2, 0.25) is 0 Å². The molecular formula is C23H18BrNO4. The number of aryl methyl sites for hydroxylation is 1. The fraction of sp³-hybridized carbons (Fsp3) is 0.130. The summed E-state index contributed by atoms with van der Waals surface area (Å²) in [5.41, 5.74) is 2.32. The first-order valence-electron chi connectivity index (χ1n) is 9.09. The van der Waals surface area contributed by atoms with Crippen LogP contribution in [-0.2, 0) is 16.1 Å². The summed E-state index contributed by atoms with van der Waals surface area (Å²) >= 11 is 3.44. The molecule has 29 heavy (non-hydrogen) atoms. The lowest BCUT2D eigenvalue weighted by Crippen LogP contribution is -2.29. The molecule has 1 unspecified atom stereocenters. The molecule has 1 N–H and O–H groups in total. The Morgan fingerprint density at radius 2 is 1.86 bits per heavy atom.